The van der Waals surface area contributed by atoms with Gasteiger partial charge in [-0.15, -0.1) is 0 Å². The van der Waals surface area contributed by atoms with E-state index in [1.165, 1.54) is 15.9 Å². The average molecular weight is 1040 g/mol. The van der Waals surface area contributed by atoms with Crippen molar-refractivity contribution >= 4 is 44.7 Å². The third-order valence-corrected chi connectivity index (χ3v) is 19.6. The number of alkyl halides is 5. The summed E-state index contributed by atoms with van der Waals surface area (Å²) in [6.45, 7) is 10.1. The molecule has 3 saturated heterocycles. The second-order valence-corrected chi connectivity index (χ2v) is 25.6. The van der Waals surface area contributed by atoms with Crippen LogP contribution in [0.25, 0.3) is 10.9 Å². The van der Waals surface area contributed by atoms with Crippen molar-refractivity contribution in [3.63, 3.8) is 0 Å². The molecule has 5 heterocycles. The van der Waals surface area contributed by atoms with E-state index in [9.17, 15) is 40.8 Å². The van der Waals surface area contributed by atoms with E-state index < -0.39 is 104 Å². The van der Waals surface area contributed by atoms with Crippen LogP contribution in [0.15, 0.2) is 36.9 Å². The van der Waals surface area contributed by atoms with Gasteiger partial charge in [0.25, 0.3) is 0 Å². The number of para-hydroxylation sites is 1. The summed E-state index contributed by atoms with van der Waals surface area (Å²) in [5.41, 5.74) is 0.384. The monoisotopic (exact) mass is 1040 g/mol. The van der Waals surface area contributed by atoms with Crippen molar-refractivity contribution in [1.29, 1.82) is 0 Å². The molecule has 2 aromatic rings. The molecule has 4 amide bonds. The van der Waals surface area contributed by atoms with Gasteiger partial charge in [-0.1, -0.05) is 12.5 Å². The minimum atomic E-state index is -4.30. The van der Waals surface area contributed by atoms with Gasteiger partial charge in [0.2, 0.25) is 0 Å². The van der Waals surface area contributed by atoms with Crippen molar-refractivity contribution < 1.29 is 76.2 Å². The topological polar surface area (TPSA) is 186 Å². The molecule has 2 aliphatic carbocycles. The number of fused-ring (bicyclic) bond motifs is 5. The van der Waals surface area contributed by atoms with E-state index >= 15 is 0 Å². The van der Waals surface area contributed by atoms with Gasteiger partial charge in [-0.25, -0.2) is 0 Å². The van der Waals surface area contributed by atoms with Crippen molar-refractivity contribution in [3.05, 3.63) is 42.5 Å². The predicted molar refractivity (Wildman–Crippen MR) is 229 cm³/mol. The molecule has 8 rings (SSSR count). The number of benzene rings is 1. The molecule has 7 atom stereocenters. The van der Waals surface area contributed by atoms with Gasteiger partial charge in [-0.3, -0.25) is 4.90 Å². The predicted octanol–water partition coefficient (Wildman–Crippen LogP) is 2.10. The molecule has 5 fully saturated rings. The number of aromatic nitrogens is 1. The Morgan fingerprint density at radius 2 is 1.78 bits per heavy atom. The number of hydrogen-bond acceptors (Lipinski definition) is 11. The Labute approximate surface area is 388 Å². The van der Waals surface area contributed by atoms with Crippen LogP contribution in [-0.4, -0.2) is 122 Å². The molecule has 2 bridgehead atoms. The zero-order chi connectivity index (χ0) is 46.7. The number of nitrogens with zero attached hydrogens (tertiary/aromatic N) is 3. The van der Waals surface area contributed by atoms with Crippen LogP contribution in [0.3, 0.4) is 0 Å². The quantitative estimate of drug-likeness (QED) is 0.145. The number of carbonyl (C=O) groups is 4. The summed E-state index contributed by atoms with van der Waals surface area (Å²) in [5.74, 6) is -1.13. The summed E-state index contributed by atoms with van der Waals surface area (Å²) >= 11 is -1.13. The second kappa shape index (κ2) is 18.0. The number of amides is 4. The van der Waals surface area contributed by atoms with E-state index in [0.29, 0.717) is 55.4 Å². The van der Waals surface area contributed by atoms with Crippen LogP contribution in [0.2, 0.25) is 0 Å². The second-order valence-electron chi connectivity index (χ2n) is 19.7. The minimum absolute atomic E-state index is 0.0460. The van der Waals surface area contributed by atoms with Gasteiger partial charge in [-0.2, -0.15) is 13.2 Å². The van der Waals surface area contributed by atoms with Gasteiger partial charge in [0.1, 0.15) is 0 Å². The van der Waals surface area contributed by atoms with Gasteiger partial charge in [0, 0.05) is 13.1 Å². The summed E-state index contributed by atoms with van der Waals surface area (Å²) < 4.78 is 84.7. The average Bonchev–Trinajstić information content (AvgIpc) is 4.19. The molecule has 358 valence electrons. The van der Waals surface area contributed by atoms with Crippen LogP contribution in [-0.2, 0) is 35.6 Å². The Balaban J connectivity index is 1.13. The number of nitrogens with one attached hydrogen (secondary N) is 3. The molecular formula is C45H59F3IN6O9S-. The third-order valence-electron chi connectivity index (χ3n) is 13.5. The van der Waals surface area contributed by atoms with E-state index in [1.54, 1.807) is 27.7 Å². The molecule has 20 heteroatoms. The van der Waals surface area contributed by atoms with E-state index in [2.05, 4.69) is 21.9 Å². The Morgan fingerprint density at radius 1 is 1.06 bits per heavy atom. The standard InChI is InChI=1S/C45H59F3IN6O9S/c1-6-34-45(49-34,40(58)53-65(60,61)43(5)18-19-43)52-37(56)32-23-28-24-55(32)39(57)36(42(2,3)4)51-41(59)64-33-22-26(33)12-8-7-9-14-30-35(29-13-10-11-15-31(29)50-38(30)63-28)62-27-16-20-54(21-17-27)25-44(46,47)48/h6,10-11,13,15,26-28,32-34,36H,1,7-9,12,14,16-25H2,2-5H3,(H,51,59)(H,52,56)(H,53,58)/q-1/t26-,28-,32+,33-,34?,36-,45?/m1/s1. The van der Waals surface area contributed by atoms with E-state index in [-0.39, 0.29) is 50.1 Å². The van der Waals surface area contributed by atoms with Crippen molar-refractivity contribution in [2.75, 3.05) is 26.2 Å². The zero-order valence-corrected chi connectivity index (χ0v) is 40.2. The number of sulfonamides is 1. The molecule has 1 aromatic heterocycles. The Morgan fingerprint density at radius 3 is 2.45 bits per heavy atom. The number of hydrogen-bond donors (Lipinski definition) is 3. The summed E-state index contributed by atoms with van der Waals surface area (Å²) in [4.78, 5) is 64.5. The first kappa shape index (κ1) is 47.6. The number of halogens is 4. The fourth-order valence-corrected chi connectivity index (χ4v) is 13.3. The molecular weight excluding hydrogens is 984 g/mol. The van der Waals surface area contributed by atoms with Crippen LogP contribution in [0.4, 0.5) is 18.0 Å². The Bertz CT molecular complexity index is 2320. The van der Waals surface area contributed by atoms with E-state index in [0.717, 1.165) is 31.1 Å². The summed E-state index contributed by atoms with van der Waals surface area (Å²) in [6, 6.07) is 5.04. The SMILES string of the molecule is C=CC1[I-]C1(NC(=O)[C@@H]1C[C@@H]2CN1C(=O)[C@H](C(C)(C)C)NC(=O)O[C@@H]1C[C@H]1CCCCCc1c(nc3ccccc3c1OC1CCN(CC(F)(F)F)CC1)O2)C(=O)NS(=O)(=O)C1(C)CC1. The van der Waals surface area contributed by atoms with E-state index in [1.807, 2.05) is 24.3 Å². The van der Waals surface area contributed by atoms with Crippen molar-refractivity contribution in [1.82, 2.24) is 30.1 Å². The van der Waals surface area contributed by atoms with Gasteiger partial charge in [-0.05, 0) is 19.3 Å². The molecule has 4 aliphatic heterocycles. The first-order chi connectivity index (χ1) is 30.6. The summed E-state index contributed by atoms with van der Waals surface area (Å²) in [6.07, 6.45) is 0.975. The van der Waals surface area contributed by atoms with Crippen molar-refractivity contribution in [2.24, 2.45) is 11.3 Å². The molecule has 3 N–H and O–H groups in total. The first-order valence-corrected chi connectivity index (χ1v) is 26.4. The molecule has 1 aromatic carbocycles. The van der Waals surface area contributed by atoms with Gasteiger partial charge in [0.05, 0.1) is 6.54 Å². The van der Waals surface area contributed by atoms with Gasteiger partial charge in [0.15, 0.2) is 0 Å². The Kier molecular flexibility index (Phi) is 13.1. The third kappa shape index (κ3) is 10.5. The van der Waals surface area contributed by atoms with Gasteiger partial charge >= 0.3 is 320 Å². The van der Waals surface area contributed by atoms with Crippen molar-refractivity contribution in [2.45, 2.75) is 147 Å². The maximum atomic E-state index is 14.9. The number of piperidine rings is 1. The van der Waals surface area contributed by atoms with Crippen LogP contribution < -0.4 is 46.0 Å². The van der Waals surface area contributed by atoms with Crippen LogP contribution in [0.5, 0.6) is 11.6 Å². The summed E-state index contributed by atoms with van der Waals surface area (Å²) in [7, 11) is -4.04. The van der Waals surface area contributed by atoms with Crippen LogP contribution >= 0.6 is 0 Å². The molecule has 15 nitrogen and oxygen atoms in total. The number of pyridine rings is 1. The molecule has 0 radical (unpaired) electrons. The zero-order valence-electron chi connectivity index (χ0n) is 37.2. The Hall–Kier alpha value is -3.92. The van der Waals surface area contributed by atoms with Crippen molar-refractivity contribution in [3.8, 4) is 11.6 Å². The van der Waals surface area contributed by atoms with E-state index in [4.69, 9.17) is 19.2 Å². The molecule has 2 unspecified atom stereocenters. The number of carbonyl (C=O) groups excluding carboxylic acids is 4. The molecule has 65 heavy (non-hydrogen) atoms. The molecule has 2 saturated carbocycles. The first-order valence-electron chi connectivity index (χ1n) is 22.6. The van der Waals surface area contributed by atoms with Crippen LogP contribution in [0, 0.1) is 11.3 Å². The number of ether oxygens (including phenoxy) is 3. The number of alkyl carbamates (subject to hydrolysis) is 1. The number of likely N-dealkylation sites (tertiary alicyclic amines) is 1. The fourth-order valence-electron chi connectivity index (χ4n) is 9.16. The number of rotatable bonds is 9. The summed E-state index contributed by atoms with van der Waals surface area (Å²) in [5, 5.41) is 6.39. The maximum absolute atomic E-state index is 14.9. The fraction of sp³-hybridized carbons (Fsp3) is 0.667. The van der Waals surface area contributed by atoms with Gasteiger partial charge < -0.3 is 0 Å². The normalized spacial score (nSPS) is 30.1. The molecule has 6 aliphatic rings. The molecule has 0 spiro atoms. The van der Waals surface area contributed by atoms with Crippen LogP contribution in [0.1, 0.15) is 97.5 Å².